The van der Waals surface area contributed by atoms with Gasteiger partial charge in [0, 0.05) is 21.5 Å². The van der Waals surface area contributed by atoms with Gasteiger partial charge in [-0.25, -0.2) is 0 Å². The van der Waals surface area contributed by atoms with Crippen LogP contribution in [0.25, 0.3) is 22.0 Å². The van der Waals surface area contributed by atoms with E-state index in [2.05, 4.69) is 4.98 Å². The fraction of sp³-hybridized carbons (Fsp3) is 0.0625. The van der Waals surface area contributed by atoms with Crippen LogP contribution >= 0.6 is 11.6 Å². The van der Waals surface area contributed by atoms with Gasteiger partial charge in [-0.15, -0.1) is 0 Å². The third kappa shape index (κ3) is 2.34. The molecule has 0 unspecified atom stereocenters. The molecule has 0 bridgehead atoms. The molecular weight excluding hydrogens is 288 g/mol. The van der Waals surface area contributed by atoms with Crippen molar-refractivity contribution in [2.24, 2.45) is 5.73 Å². The minimum absolute atomic E-state index is 0.362. The van der Waals surface area contributed by atoms with Crippen LogP contribution in [0.3, 0.4) is 0 Å². The Bertz CT molecular complexity index is 839. The molecule has 106 valence electrons. The van der Waals surface area contributed by atoms with E-state index in [1.807, 2.05) is 36.4 Å². The average molecular weight is 301 g/mol. The number of ether oxygens (including phenoxy) is 1. The van der Waals surface area contributed by atoms with Gasteiger partial charge in [0.1, 0.15) is 11.4 Å². The molecular formula is C16H13ClN2O2. The number of nitrogens with one attached hydrogen (secondary N) is 1. The van der Waals surface area contributed by atoms with E-state index in [0.29, 0.717) is 16.5 Å². The molecule has 1 amide bonds. The molecule has 21 heavy (non-hydrogen) atoms. The van der Waals surface area contributed by atoms with E-state index in [1.165, 1.54) is 0 Å². The van der Waals surface area contributed by atoms with E-state index in [-0.39, 0.29) is 0 Å². The number of amides is 1. The number of aromatic amines is 1. The number of hydrogen-bond donors (Lipinski definition) is 2. The quantitative estimate of drug-likeness (QED) is 0.776. The van der Waals surface area contributed by atoms with Crippen LogP contribution in [0.5, 0.6) is 5.75 Å². The van der Waals surface area contributed by atoms with Gasteiger partial charge in [-0.2, -0.15) is 0 Å². The van der Waals surface area contributed by atoms with Crippen LogP contribution < -0.4 is 10.5 Å². The summed E-state index contributed by atoms with van der Waals surface area (Å²) >= 11 is 6.07. The molecule has 5 heteroatoms. The summed E-state index contributed by atoms with van der Waals surface area (Å²) in [6.07, 6.45) is 0. The highest BCUT2D eigenvalue weighted by atomic mass is 35.5. The number of halogens is 1. The van der Waals surface area contributed by atoms with Gasteiger partial charge in [-0.1, -0.05) is 23.7 Å². The summed E-state index contributed by atoms with van der Waals surface area (Å²) in [5.74, 6) is 0.194. The van der Waals surface area contributed by atoms with Crippen molar-refractivity contribution in [2.75, 3.05) is 7.11 Å². The Morgan fingerprint density at radius 2 is 2.05 bits per heavy atom. The Morgan fingerprint density at radius 1 is 1.24 bits per heavy atom. The van der Waals surface area contributed by atoms with Crippen LogP contribution in [0.2, 0.25) is 5.02 Å². The summed E-state index contributed by atoms with van der Waals surface area (Å²) in [6, 6.07) is 12.9. The molecule has 0 saturated heterocycles. The Labute approximate surface area is 126 Å². The first-order chi connectivity index (χ1) is 10.1. The predicted octanol–water partition coefficient (Wildman–Crippen LogP) is 3.60. The number of H-pyrrole nitrogens is 1. The summed E-state index contributed by atoms with van der Waals surface area (Å²) in [7, 11) is 1.60. The lowest BCUT2D eigenvalue weighted by molar-refractivity contribution is 0.0997. The van der Waals surface area contributed by atoms with Gasteiger partial charge in [0.05, 0.1) is 7.11 Å². The highest BCUT2D eigenvalue weighted by Crippen LogP contribution is 2.35. The largest absolute Gasteiger partial charge is 0.497 e. The van der Waals surface area contributed by atoms with E-state index in [0.717, 1.165) is 22.0 Å². The zero-order chi connectivity index (χ0) is 15.0. The topological polar surface area (TPSA) is 68.1 Å². The Balaban J connectivity index is 2.35. The number of hydrogen-bond acceptors (Lipinski definition) is 2. The Morgan fingerprint density at radius 3 is 2.76 bits per heavy atom. The number of methoxy groups -OCH3 is 1. The molecule has 0 radical (unpaired) electrons. The lowest BCUT2D eigenvalue weighted by Crippen LogP contribution is -2.12. The molecule has 0 saturated carbocycles. The molecule has 3 aromatic rings. The van der Waals surface area contributed by atoms with Crippen molar-refractivity contribution < 1.29 is 9.53 Å². The van der Waals surface area contributed by atoms with Crippen molar-refractivity contribution in [1.29, 1.82) is 0 Å². The van der Waals surface area contributed by atoms with Crippen LogP contribution in [0.4, 0.5) is 0 Å². The second kappa shape index (κ2) is 5.14. The van der Waals surface area contributed by atoms with Gasteiger partial charge in [0.2, 0.25) is 0 Å². The predicted molar refractivity (Wildman–Crippen MR) is 83.8 cm³/mol. The second-order valence-corrected chi connectivity index (χ2v) is 5.10. The summed E-state index contributed by atoms with van der Waals surface area (Å²) in [5.41, 5.74) is 8.24. The average Bonchev–Trinajstić information content (AvgIpc) is 2.86. The summed E-state index contributed by atoms with van der Waals surface area (Å²) < 4.78 is 5.24. The Kier molecular flexibility index (Phi) is 3.31. The van der Waals surface area contributed by atoms with Crippen molar-refractivity contribution in [1.82, 2.24) is 4.98 Å². The summed E-state index contributed by atoms with van der Waals surface area (Å²) in [4.78, 5) is 14.8. The molecule has 0 aliphatic heterocycles. The number of aromatic nitrogens is 1. The van der Waals surface area contributed by atoms with Crippen molar-refractivity contribution in [3.8, 4) is 16.9 Å². The van der Waals surface area contributed by atoms with Gasteiger partial charge in [-0.05, 0) is 35.9 Å². The van der Waals surface area contributed by atoms with Gasteiger partial charge in [0.15, 0.2) is 0 Å². The fourth-order valence-corrected chi connectivity index (χ4v) is 2.60. The summed E-state index contributed by atoms with van der Waals surface area (Å²) in [6.45, 7) is 0. The van der Waals surface area contributed by atoms with E-state index in [1.54, 1.807) is 13.2 Å². The summed E-state index contributed by atoms with van der Waals surface area (Å²) in [5, 5.41) is 1.45. The van der Waals surface area contributed by atoms with Gasteiger partial charge in [0.25, 0.3) is 5.91 Å². The molecule has 4 nitrogen and oxygen atoms in total. The highest BCUT2D eigenvalue weighted by molar-refractivity contribution is 6.31. The second-order valence-electron chi connectivity index (χ2n) is 4.66. The SMILES string of the molecule is COc1cccc(-c2c(C(N)=O)[nH]c3ccc(Cl)cc23)c1. The zero-order valence-electron chi connectivity index (χ0n) is 11.3. The van der Waals surface area contributed by atoms with E-state index < -0.39 is 5.91 Å². The minimum atomic E-state index is -0.514. The molecule has 1 heterocycles. The smallest absolute Gasteiger partial charge is 0.265 e. The maximum Gasteiger partial charge on any atom is 0.265 e. The van der Waals surface area contributed by atoms with Crippen LogP contribution in [-0.4, -0.2) is 18.0 Å². The molecule has 0 spiro atoms. The number of benzene rings is 2. The molecule has 3 N–H and O–H groups in total. The first-order valence-corrected chi connectivity index (χ1v) is 6.73. The number of rotatable bonds is 3. The van der Waals surface area contributed by atoms with Crippen molar-refractivity contribution >= 4 is 28.4 Å². The Hall–Kier alpha value is -2.46. The maximum absolute atomic E-state index is 11.7. The molecule has 0 atom stereocenters. The van der Waals surface area contributed by atoms with Crippen LogP contribution in [0.1, 0.15) is 10.5 Å². The van der Waals surface area contributed by atoms with Gasteiger partial charge < -0.3 is 15.5 Å². The van der Waals surface area contributed by atoms with Crippen molar-refractivity contribution in [3.63, 3.8) is 0 Å². The molecule has 0 aliphatic carbocycles. The van der Waals surface area contributed by atoms with Gasteiger partial charge >= 0.3 is 0 Å². The van der Waals surface area contributed by atoms with Crippen LogP contribution in [-0.2, 0) is 0 Å². The molecule has 0 aliphatic rings. The monoisotopic (exact) mass is 300 g/mol. The van der Waals surface area contributed by atoms with Crippen molar-refractivity contribution in [2.45, 2.75) is 0 Å². The van der Waals surface area contributed by atoms with E-state index in [9.17, 15) is 4.79 Å². The normalized spacial score (nSPS) is 10.8. The maximum atomic E-state index is 11.7. The minimum Gasteiger partial charge on any atom is -0.497 e. The molecule has 2 aromatic carbocycles. The third-order valence-corrected chi connectivity index (χ3v) is 3.60. The number of nitrogens with two attached hydrogens (primary N) is 1. The lowest BCUT2D eigenvalue weighted by Gasteiger charge is -2.05. The number of fused-ring (bicyclic) bond motifs is 1. The molecule has 0 fully saturated rings. The third-order valence-electron chi connectivity index (χ3n) is 3.37. The highest BCUT2D eigenvalue weighted by Gasteiger charge is 2.17. The van der Waals surface area contributed by atoms with Gasteiger partial charge in [-0.3, -0.25) is 4.79 Å². The fourth-order valence-electron chi connectivity index (χ4n) is 2.43. The number of carbonyl (C=O) groups excluding carboxylic acids is 1. The van der Waals surface area contributed by atoms with Crippen LogP contribution in [0.15, 0.2) is 42.5 Å². The number of primary amides is 1. The van der Waals surface area contributed by atoms with E-state index in [4.69, 9.17) is 22.1 Å². The molecule has 3 rings (SSSR count). The first-order valence-electron chi connectivity index (χ1n) is 6.35. The first kappa shape index (κ1) is 13.5. The van der Waals surface area contributed by atoms with Crippen molar-refractivity contribution in [3.05, 3.63) is 53.2 Å². The number of carbonyl (C=O) groups is 1. The standard InChI is InChI=1S/C16H13ClN2O2/c1-21-11-4-2-3-9(7-11)14-12-8-10(17)5-6-13(12)19-15(14)16(18)20/h2-8,19H,1H3,(H2,18,20). The molecule has 1 aromatic heterocycles. The van der Waals surface area contributed by atoms with Crippen LogP contribution in [0, 0.1) is 0 Å². The van der Waals surface area contributed by atoms with E-state index >= 15 is 0 Å². The zero-order valence-corrected chi connectivity index (χ0v) is 12.1. The lowest BCUT2D eigenvalue weighted by atomic mass is 10.0.